The zero-order valence-electron chi connectivity index (χ0n) is 11.7. The topological polar surface area (TPSA) is 72.5 Å². The van der Waals surface area contributed by atoms with Gasteiger partial charge in [-0.15, -0.1) is 0 Å². The van der Waals surface area contributed by atoms with Gasteiger partial charge in [0.15, 0.2) is 15.6 Å². The highest BCUT2D eigenvalue weighted by Crippen LogP contribution is 2.22. The van der Waals surface area contributed by atoms with Crippen LogP contribution < -0.4 is 10.1 Å². The minimum absolute atomic E-state index is 0.0207. The molecule has 0 bridgehead atoms. The molecule has 0 saturated carbocycles. The molecule has 1 saturated heterocycles. The molecule has 1 atom stereocenters. The largest absolute Gasteiger partial charge is 0.496 e. The van der Waals surface area contributed by atoms with E-state index in [2.05, 4.69) is 5.32 Å². The lowest BCUT2D eigenvalue weighted by Crippen LogP contribution is -2.46. The number of ketones is 1. The first-order chi connectivity index (χ1) is 9.41. The quantitative estimate of drug-likeness (QED) is 0.838. The van der Waals surface area contributed by atoms with E-state index in [1.54, 1.807) is 12.1 Å². The van der Waals surface area contributed by atoms with Crippen LogP contribution in [-0.4, -0.2) is 45.4 Å². The van der Waals surface area contributed by atoms with Crippen molar-refractivity contribution >= 4 is 15.6 Å². The Bertz CT molecular complexity index is 610. The van der Waals surface area contributed by atoms with Crippen molar-refractivity contribution in [2.45, 2.75) is 19.4 Å². The number of methoxy groups -OCH3 is 1. The van der Waals surface area contributed by atoms with E-state index < -0.39 is 9.84 Å². The fraction of sp³-hybridized carbons (Fsp3) is 0.500. The Morgan fingerprint density at radius 3 is 2.85 bits per heavy atom. The number of nitrogens with one attached hydrogen (secondary N) is 1. The summed E-state index contributed by atoms with van der Waals surface area (Å²) in [5.41, 5.74) is 1.48. The molecular weight excluding hydrogens is 278 g/mol. The third-order valence-electron chi connectivity index (χ3n) is 3.39. The lowest BCUT2D eigenvalue weighted by molar-refractivity contribution is 0.0968. The van der Waals surface area contributed by atoms with Crippen LogP contribution in [0.1, 0.15) is 22.3 Å². The lowest BCUT2D eigenvalue weighted by Gasteiger charge is -2.23. The van der Waals surface area contributed by atoms with E-state index in [9.17, 15) is 13.2 Å². The third kappa shape index (κ3) is 3.58. The number of Topliss-reactive ketones (excluding diaryl/α,β-unsaturated/α-hetero) is 1. The Labute approximate surface area is 119 Å². The number of hydrogen-bond acceptors (Lipinski definition) is 5. The summed E-state index contributed by atoms with van der Waals surface area (Å²) < 4.78 is 28.4. The summed E-state index contributed by atoms with van der Waals surface area (Å²) in [6.07, 6.45) is 0.166. The summed E-state index contributed by atoms with van der Waals surface area (Å²) in [6, 6.07) is 5.09. The van der Waals surface area contributed by atoms with Gasteiger partial charge in [-0.1, -0.05) is 11.6 Å². The normalized spacial score (nSPS) is 21.4. The number of sulfone groups is 1. The van der Waals surface area contributed by atoms with Crippen LogP contribution in [-0.2, 0) is 9.84 Å². The Morgan fingerprint density at radius 1 is 1.45 bits per heavy atom. The zero-order valence-corrected chi connectivity index (χ0v) is 12.5. The van der Waals surface area contributed by atoms with Crippen molar-refractivity contribution in [3.05, 3.63) is 29.3 Å². The average Bonchev–Trinajstić information content (AvgIpc) is 2.37. The molecule has 6 heteroatoms. The second kappa shape index (κ2) is 5.93. The highest BCUT2D eigenvalue weighted by molar-refractivity contribution is 7.91. The number of aryl methyl sites for hydroxylation is 1. The summed E-state index contributed by atoms with van der Waals surface area (Å²) in [6.45, 7) is 2.31. The van der Waals surface area contributed by atoms with Crippen molar-refractivity contribution < 1.29 is 17.9 Å². The van der Waals surface area contributed by atoms with Gasteiger partial charge in [-0.3, -0.25) is 4.79 Å². The Balaban J connectivity index is 2.14. The van der Waals surface area contributed by atoms with Crippen LogP contribution >= 0.6 is 0 Å². The van der Waals surface area contributed by atoms with Crippen molar-refractivity contribution in [1.29, 1.82) is 0 Å². The zero-order chi connectivity index (χ0) is 14.8. The molecule has 0 radical (unpaired) electrons. The number of carbonyl (C=O) groups is 1. The summed E-state index contributed by atoms with van der Waals surface area (Å²) in [4.78, 5) is 12.3. The number of ether oxygens (including phenoxy) is 1. The minimum atomic E-state index is -3.03. The fourth-order valence-corrected chi connectivity index (χ4v) is 3.82. The second-order valence-corrected chi connectivity index (χ2v) is 7.33. The van der Waals surface area contributed by atoms with Gasteiger partial charge >= 0.3 is 0 Å². The minimum Gasteiger partial charge on any atom is -0.496 e. The van der Waals surface area contributed by atoms with E-state index in [4.69, 9.17) is 4.74 Å². The number of benzene rings is 1. The van der Waals surface area contributed by atoms with Crippen LogP contribution in [0.4, 0.5) is 0 Å². The van der Waals surface area contributed by atoms with Gasteiger partial charge in [-0.25, -0.2) is 8.42 Å². The molecule has 1 unspecified atom stereocenters. The predicted molar refractivity (Wildman–Crippen MR) is 77.1 cm³/mol. The maximum Gasteiger partial charge on any atom is 0.168 e. The van der Waals surface area contributed by atoms with Gasteiger partial charge in [0.25, 0.3) is 0 Å². The van der Waals surface area contributed by atoms with E-state index in [0.29, 0.717) is 17.9 Å². The van der Waals surface area contributed by atoms with Gasteiger partial charge in [0.1, 0.15) is 5.75 Å². The molecule has 20 heavy (non-hydrogen) atoms. The van der Waals surface area contributed by atoms with Crippen LogP contribution in [0.25, 0.3) is 0 Å². The maximum absolute atomic E-state index is 12.3. The van der Waals surface area contributed by atoms with Gasteiger partial charge in [-0.05, 0) is 19.1 Å². The van der Waals surface area contributed by atoms with E-state index in [-0.39, 0.29) is 29.8 Å². The molecule has 1 heterocycles. The molecule has 5 nitrogen and oxygen atoms in total. The lowest BCUT2D eigenvalue weighted by atomic mass is 10.0. The molecule has 1 fully saturated rings. The van der Waals surface area contributed by atoms with Gasteiger partial charge in [0, 0.05) is 19.0 Å². The number of rotatable bonds is 4. The molecule has 2 rings (SSSR count). The first-order valence-corrected chi connectivity index (χ1v) is 8.35. The molecule has 1 aromatic rings. The molecule has 1 aromatic carbocycles. The summed E-state index contributed by atoms with van der Waals surface area (Å²) in [5.74, 6) is 0.595. The van der Waals surface area contributed by atoms with Gasteiger partial charge < -0.3 is 10.1 Å². The molecule has 110 valence electrons. The molecule has 0 aromatic heterocycles. The van der Waals surface area contributed by atoms with E-state index in [0.717, 1.165) is 5.56 Å². The van der Waals surface area contributed by atoms with Gasteiger partial charge in [-0.2, -0.15) is 0 Å². The van der Waals surface area contributed by atoms with Crippen molar-refractivity contribution in [3.63, 3.8) is 0 Å². The van der Waals surface area contributed by atoms with E-state index in [1.165, 1.54) is 7.11 Å². The molecule has 1 aliphatic heterocycles. The average molecular weight is 297 g/mol. The molecule has 1 N–H and O–H groups in total. The molecule has 0 aliphatic carbocycles. The van der Waals surface area contributed by atoms with Crippen LogP contribution in [0, 0.1) is 6.92 Å². The standard InChI is InChI=1S/C14H19NO4S/c1-10-3-4-14(19-2)12(7-10)13(16)8-11-9-20(17,18)6-5-15-11/h3-4,7,11,15H,5-6,8-9H2,1-2H3. The molecular formula is C14H19NO4S. The summed E-state index contributed by atoms with van der Waals surface area (Å²) >= 11 is 0. The Kier molecular flexibility index (Phi) is 4.45. The third-order valence-corrected chi connectivity index (χ3v) is 5.12. The predicted octanol–water partition coefficient (Wildman–Crippen LogP) is 0.963. The molecule has 1 aliphatic rings. The van der Waals surface area contributed by atoms with Crippen LogP contribution in [0.15, 0.2) is 18.2 Å². The van der Waals surface area contributed by atoms with Crippen molar-refractivity contribution in [3.8, 4) is 5.75 Å². The van der Waals surface area contributed by atoms with Crippen molar-refractivity contribution in [2.75, 3.05) is 25.2 Å². The van der Waals surface area contributed by atoms with Crippen molar-refractivity contribution in [2.24, 2.45) is 0 Å². The van der Waals surface area contributed by atoms with Gasteiger partial charge in [0.2, 0.25) is 0 Å². The molecule has 0 spiro atoms. The smallest absolute Gasteiger partial charge is 0.168 e. The van der Waals surface area contributed by atoms with Gasteiger partial charge in [0.05, 0.1) is 24.2 Å². The monoisotopic (exact) mass is 297 g/mol. The van der Waals surface area contributed by atoms with E-state index >= 15 is 0 Å². The highest BCUT2D eigenvalue weighted by atomic mass is 32.2. The van der Waals surface area contributed by atoms with Crippen LogP contribution in [0.5, 0.6) is 5.75 Å². The Morgan fingerprint density at radius 2 is 2.20 bits per heavy atom. The number of carbonyl (C=O) groups excluding carboxylic acids is 1. The van der Waals surface area contributed by atoms with E-state index in [1.807, 2.05) is 13.0 Å². The first-order valence-electron chi connectivity index (χ1n) is 6.53. The number of hydrogen-bond donors (Lipinski definition) is 1. The van der Waals surface area contributed by atoms with Crippen LogP contribution in [0.2, 0.25) is 0 Å². The fourth-order valence-electron chi connectivity index (χ4n) is 2.37. The second-order valence-electron chi connectivity index (χ2n) is 5.10. The Hall–Kier alpha value is -1.40. The first kappa shape index (κ1) is 15.0. The molecule has 0 amide bonds. The SMILES string of the molecule is COc1ccc(C)cc1C(=O)CC1CS(=O)(=O)CCN1. The highest BCUT2D eigenvalue weighted by Gasteiger charge is 2.27. The van der Waals surface area contributed by atoms with Crippen LogP contribution in [0.3, 0.4) is 0 Å². The summed E-state index contributed by atoms with van der Waals surface area (Å²) in [7, 11) is -1.51. The maximum atomic E-state index is 12.3. The van der Waals surface area contributed by atoms with Crippen molar-refractivity contribution in [1.82, 2.24) is 5.32 Å². The summed E-state index contributed by atoms with van der Waals surface area (Å²) in [5, 5.41) is 3.09.